The zero-order chi connectivity index (χ0) is 20.9. The van der Waals surface area contributed by atoms with E-state index in [4.69, 9.17) is 4.74 Å². The zero-order valence-corrected chi connectivity index (χ0v) is 17.5. The highest BCUT2D eigenvalue weighted by atomic mass is 32.2. The van der Waals surface area contributed by atoms with Crippen LogP contribution in [0.3, 0.4) is 0 Å². The third-order valence-corrected chi connectivity index (χ3v) is 6.22. The molecular formula is C24H23FN2O2S. The number of halogens is 1. The van der Waals surface area contributed by atoms with Gasteiger partial charge in [-0.1, -0.05) is 55.1 Å². The molecule has 1 fully saturated rings. The van der Waals surface area contributed by atoms with Crippen LogP contribution >= 0.6 is 11.8 Å². The van der Waals surface area contributed by atoms with Crippen LogP contribution in [0.25, 0.3) is 0 Å². The number of rotatable bonds is 7. The largest absolute Gasteiger partial charge is 0.493 e. The summed E-state index contributed by atoms with van der Waals surface area (Å²) in [6, 6.07) is 17.6. The minimum absolute atomic E-state index is 0.0768. The third-order valence-electron chi connectivity index (χ3n) is 5.11. The monoisotopic (exact) mass is 422 g/mol. The normalized spacial score (nSPS) is 18.5. The number of nitrogens with one attached hydrogen (secondary N) is 1. The molecule has 1 saturated heterocycles. The molecule has 1 aliphatic rings. The summed E-state index contributed by atoms with van der Waals surface area (Å²) in [5, 5.41) is 2.94. The van der Waals surface area contributed by atoms with Gasteiger partial charge >= 0.3 is 0 Å². The van der Waals surface area contributed by atoms with Gasteiger partial charge in [0.2, 0.25) is 5.12 Å². The van der Waals surface area contributed by atoms with E-state index in [1.807, 2.05) is 36.5 Å². The van der Waals surface area contributed by atoms with Crippen LogP contribution in [0.1, 0.15) is 40.7 Å². The maximum absolute atomic E-state index is 14.1. The summed E-state index contributed by atoms with van der Waals surface area (Å²) < 4.78 is 19.9. The third kappa shape index (κ3) is 4.71. The number of benzene rings is 2. The van der Waals surface area contributed by atoms with Gasteiger partial charge in [0.05, 0.1) is 12.0 Å². The van der Waals surface area contributed by atoms with Crippen molar-refractivity contribution in [3.8, 4) is 5.75 Å². The molecule has 0 saturated carbocycles. The summed E-state index contributed by atoms with van der Waals surface area (Å²) in [7, 11) is 0. The van der Waals surface area contributed by atoms with E-state index in [9.17, 15) is 9.18 Å². The van der Waals surface area contributed by atoms with Gasteiger partial charge in [-0.25, -0.2) is 4.39 Å². The van der Waals surface area contributed by atoms with Crippen LogP contribution in [-0.2, 0) is 17.6 Å². The predicted molar refractivity (Wildman–Crippen MR) is 117 cm³/mol. The molecule has 6 heteroatoms. The summed E-state index contributed by atoms with van der Waals surface area (Å²) in [5.74, 6) is 0.399. The van der Waals surface area contributed by atoms with Gasteiger partial charge < -0.3 is 4.74 Å². The van der Waals surface area contributed by atoms with Crippen molar-refractivity contribution >= 4 is 16.9 Å². The first-order chi connectivity index (χ1) is 14.6. The van der Waals surface area contributed by atoms with Crippen molar-refractivity contribution in [2.24, 2.45) is 0 Å². The minimum Gasteiger partial charge on any atom is -0.493 e. The highest BCUT2D eigenvalue weighted by Crippen LogP contribution is 2.40. The van der Waals surface area contributed by atoms with Crippen molar-refractivity contribution in [1.29, 1.82) is 0 Å². The van der Waals surface area contributed by atoms with Crippen LogP contribution in [0.5, 0.6) is 5.75 Å². The Balaban J connectivity index is 1.33. The molecule has 2 heterocycles. The minimum atomic E-state index is -0.635. The van der Waals surface area contributed by atoms with Crippen LogP contribution in [0.4, 0.5) is 4.39 Å². The first kappa shape index (κ1) is 20.6. The average molecular weight is 423 g/mol. The van der Waals surface area contributed by atoms with Gasteiger partial charge in [-0.15, -0.1) is 0 Å². The van der Waals surface area contributed by atoms with Crippen molar-refractivity contribution in [1.82, 2.24) is 10.3 Å². The molecule has 3 aromatic rings. The second-order valence-electron chi connectivity index (χ2n) is 7.12. The van der Waals surface area contributed by atoms with Gasteiger partial charge in [0.1, 0.15) is 17.6 Å². The van der Waals surface area contributed by atoms with Crippen LogP contribution in [0.2, 0.25) is 0 Å². The summed E-state index contributed by atoms with van der Waals surface area (Å²) in [6.07, 6.45) is 3.63. The van der Waals surface area contributed by atoms with E-state index in [2.05, 4.69) is 23.3 Å². The fourth-order valence-corrected chi connectivity index (χ4v) is 4.41. The predicted octanol–water partition coefficient (Wildman–Crippen LogP) is 5.01. The molecule has 1 aliphatic heterocycles. The van der Waals surface area contributed by atoms with Crippen molar-refractivity contribution in [2.75, 3.05) is 6.61 Å². The highest BCUT2D eigenvalue weighted by molar-refractivity contribution is 8.14. The molecule has 0 aliphatic carbocycles. The Kier molecular flexibility index (Phi) is 6.45. The van der Waals surface area contributed by atoms with E-state index in [-0.39, 0.29) is 16.3 Å². The molecule has 0 radical (unpaired) electrons. The first-order valence-corrected chi connectivity index (χ1v) is 10.9. The molecule has 2 unspecified atom stereocenters. The van der Waals surface area contributed by atoms with Crippen molar-refractivity contribution in [2.45, 2.75) is 31.2 Å². The maximum atomic E-state index is 14.1. The summed E-state index contributed by atoms with van der Waals surface area (Å²) in [6.45, 7) is 2.65. The Morgan fingerprint density at radius 3 is 2.60 bits per heavy atom. The molecule has 30 heavy (non-hydrogen) atoms. The Labute approximate surface area is 179 Å². The van der Waals surface area contributed by atoms with Gasteiger partial charge in [-0.2, -0.15) is 0 Å². The summed E-state index contributed by atoms with van der Waals surface area (Å²) >= 11 is 1.19. The van der Waals surface area contributed by atoms with Gasteiger partial charge in [0, 0.05) is 23.9 Å². The Morgan fingerprint density at radius 2 is 1.90 bits per heavy atom. The van der Waals surface area contributed by atoms with Crippen molar-refractivity contribution in [3.63, 3.8) is 0 Å². The number of carbonyl (C=O) groups excluding carboxylic acids is 1. The lowest BCUT2D eigenvalue weighted by Gasteiger charge is -2.14. The van der Waals surface area contributed by atoms with E-state index in [0.29, 0.717) is 12.2 Å². The zero-order valence-electron chi connectivity index (χ0n) is 16.7. The van der Waals surface area contributed by atoms with E-state index < -0.39 is 6.04 Å². The lowest BCUT2D eigenvalue weighted by atomic mass is 10.1. The molecule has 2 aromatic carbocycles. The lowest BCUT2D eigenvalue weighted by molar-refractivity contribution is -0.112. The number of hydrogen-bond donors (Lipinski definition) is 1. The van der Waals surface area contributed by atoms with Crippen molar-refractivity contribution in [3.05, 3.63) is 95.1 Å². The van der Waals surface area contributed by atoms with E-state index in [0.717, 1.165) is 29.8 Å². The molecule has 1 N–H and O–H groups in total. The molecular weight excluding hydrogens is 399 g/mol. The second-order valence-corrected chi connectivity index (χ2v) is 8.23. The number of ether oxygens (including phenoxy) is 1. The smallest absolute Gasteiger partial charge is 0.212 e. The quantitative estimate of drug-likeness (QED) is 0.580. The van der Waals surface area contributed by atoms with Crippen LogP contribution < -0.4 is 10.1 Å². The summed E-state index contributed by atoms with van der Waals surface area (Å²) in [5.41, 5.74) is 3.58. The standard InChI is InChI=1S/C24H23FN2O2S/c1-2-16-7-10-18(26-15-16)13-14-29-19-11-8-17(9-12-19)23-27-22(24(28)30-23)20-5-3-4-6-21(20)25/h3-12,15,22-23,27H,2,13-14H2,1H3. The molecule has 0 spiro atoms. The van der Waals surface area contributed by atoms with Gasteiger partial charge in [0.15, 0.2) is 0 Å². The molecule has 0 amide bonds. The molecule has 2 atom stereocenters. The Bertz CT molecular complexity index is 1010. The van der Waals surface area contributed by atoms with Crippen LogP contribution in [-0.4, -0.2) is 16.7 Å². The number of thioether (sulfide) groups is 1. The number of pyridine rings is 1. The van der Waals surface area contributed by atoms with Gasteiger partial charge in [-0.05, 0) is 41.8 Å². The van der Waals surface area contributed by atoms with Gasteiger partial charge in [-0.3, -0.25) is 15.1 Å². The topological polar surface area (TPSA) is 51.2 Å². The number of carbonyl (C=O) groups is 1. The molecule has 4 rings (SSSR count). The van der Waals surface area contributed by atoms with Crippen LogP contribution in [0.15, 0.2) is 66.9 Å². The van der Waals surface area contributed by atoms with E-state index in [1.165, 1.54) is 23.4 Å². The fraction of sp³-hybridized carbons (Fsp3) is 0.250. The van der Waals surface area contributed by atoms with E-state index in [1.54, 1.807) is 18.2 Å². The fourth-order valence-electron chi connectivity index (χ4n) is 3.35. The second kappa shape index (κ2) is 9.41. The first-order valence-electron chi connectivity index (χ1n) is 10.0. The van der Waals surface area contributed by atoms with Gasteiger partial charge in [0.25, 0.3) is 0 Å². The molecule has 4 nitrogen and oxygen atoms in total. The highest BCUT2D eigenvalue weighted by Gasteiger charge is 2.35. The number of aromatic nitrogens is 1. The number of nitrogens with zero attached hydrogens (tertiary/aromatic N) is 1. The maximum Gasteiger partial charge on any atom is 0.212 e. The number of aryl methyl sites for hydroxylation is 1. The SMILES string of the molecule is CCc1ccc(CCOc2ccc(C3NC(c4ccccc4F)C(=O)S3)cc2)nc1. The Hall–Kier alpha value is -2.70. The van der Waals surface area contributed by atoms with E-state index >= 15 is 0 Å². The Morgan fingerprint density at radius 1 is 1.10 bits per heavy atom. The van der Waals surface area contributed by atoms with Crippen LogP contribution in [0, 0.1) is 5.82 Å². The molecule has 154 valence electrons. The molecule has 0 bridgehead atoms. The average Bonchev–Trinajstić information content (AvgIpc) is 3.16. The lowest BCUT2D eigenvalue weighted by Crippen LogP contribution is -2.21. The number of hydrogen-bond acceptors (Lipinski definition) is 5. The molecule has 1 aromatic heterocycles. The summed E-state index contributed by atoms with van der Waals surface area (Å²) in [4.78, 5) is 16.8. The van der Waals surface area contributed by atoms with Crippen molar-refractivity contribution < 1.29 is 13.9 Å².